The van der Waals surface area contributed by atoms with E-state index in [2.05, 4.69) is 43.0 Å². The summed E-state index contributed by atoms with van der Waals surface area (Å²) < 4.78 is 0. The van der Waals surface area contributed by atoms with Crippen molar-refractivity contribution in [3.63, 3.8) is 0 Å². The molecule has 1 nitrogen and oxygen atoms in total. The van der Waals surface area contributed by atoms with Gasteiger partial charge in [-0.3, -0.25) is 0 Å². The van der Waals surface area contributed by atoms with Crippen LogP contribution in [0.5, 0.6) is 0 Å². The van der Waals surface area contributed by atoms with Crippen LogP contribution in [0.2, 0.25) is 0 Å². The Morgan fingerprint density at radius 1 is 1.00 bits per heavy atom. The van der Waals surface area contributed by atoms with Gasteiger partial charge in [-0.05, 0) is 29.2 Å². The number of rotatable bonds is 4. The van der Waals surface area contributed by atoms with Gasteiger partial charge in [0.15, 0.2) is 0 Å². The molecule has 18 heavy (non-hydrogen) atoms. The molecule has 0 radical (unpaired) electrons. The van der Waals surface area contributed by atoms with Crippen molar-refractivity contribution in [2.75, 3.05) is 0 Å². The van der Waals surface area contributed by atoms with Gasteiger partial charge in [0.25, 0.3) is 0 Å². The zero-order chi connectivity index (χ0) is 12.1. The van der Waals surface area contributed by atoms with Crippen LogP contribution in [0.25, 0.3) is 11.1 Å². The molecule has 0 amide bonds. The lowest BCUT2D eigenvalue weighted by molar-refractivity contribution is 0.742. The highest BCUT2D eigenvalue weighted by Gasteiger charge is 2.05. The van der Waals surface area contributed by atoms with E-state index < -0.39 is 0 Å². The summed E-state index contributed by atoms with van der Waals surface area (Å²) >= 11 is 0. The van der Waals surface area contributed by atoms with E-state index in [1.807, 2.05) is 24.3 Å². The molecule has 0 aliphatic rings. The van der Waals surface area contributed by atoms with Gasteiger partial charge in [-0.15, -0.1) is 19.0 Å². The molecule has 94 valence electrons. The second-order valence-electron chi connectivity index (χ2n) is 4.12. The second-order valence-corrected chi connectivity index (χ2v) is 4.12. The van der Waals surface area contributed by atoms with Crippen LogP contribution in [0.15, 0.2) is 67.3 Å². The lowest BCUT2D eigenvalue weighted by atomic mass is 9.98. The van der Waals surface area contributed by atoms with Crippen molar-refractivity contribution in [3.05, 3.63) is 72.8 Å². The molecule has 0 heterocycles. The third-order valence-electron chi connectivity index (χ3n) is 2.84. The summed E-state index contributed by atoms with van der Waals surface area (Å²) in [5, 5.41) is 0. The normalized spacial score (nSPS) is 11.4. The second kappa shape index (κ2) is 7.00. The van der Waals surface area contributed by atoms with E-state index in [-0.39, 0.29) is 18.4 Å². The van der Waals surface area contributed by atoms with Gasteiger partial charge in [-0.2, -0.15) is 0 Å². The third-order valence-corrected chi connectivity index (χ3v) is 2.84. The Bertz CT molecular complexity index is 493. The van der Waals surface area contributed by atoms with Crippen molar-refractivity contribution < 1.29 is 0 Å². The average Bonchev–Trinajstić information content (AvgIpc) is 2.40. The topological polar surface area (TPSA) is 26.0 Å². The largest absolute Gasteiger partial charge is 0.324 e. The highest BCUT2D eigenvalue weighted by atomic mass is 35.5. The van der Waals surface area contributed by atoms with E-state index in [9.17, 15) is 0 Å². The molecule has 0 saturated carbocycles. The van der Waals surface area contributed by atoms with E-state index in [1.54, 1.807) is 0 Å². The zero-order valence-corrected chi connectivity index (χ0v) is 11.1. The molecule has 0 saturated heterocycles. The Morgan fingerprint density at radius 2 is 1.67 bits per heavy atom. The van der Waals surface area contributed by atoms with Crippen LogP contribution in [0.1, 0.15) is 18.0 Å². The molecule has 0 spiro atoms. The molecule has 2 aromatic carbocycles. The Balaban J connectivity index is 0.00000162. The van der Waals surface area contributed by atoms with E-state index in [1.165, 1.54) is 11.1 Å². The molecule has 0 aliphatic carbocycles. The molecular formula is C16H18ClN. The predicted molar refractivity (Wildman–Crippen MR) is 80.9 cm³/mol. The van der Waals surface area contributed by atoms with Crippen LogP contribution in [0.3, 0.4) is 0 Å². The fourth-order valence-electron chi connectivity index (χ4n) is 1.90. The zero-order valence-electron chi connectivity index (χ0n) is 10.3. The SMILES string of the molecule is C=CC[C@H](N)c1cccc(-c2ccccc2)c1.Cl. The van der Waals surface area contributed by atoms with Crippen molar-refractivity contribution in [2.45, 2.75) is 12.5 Å². The number of halogens is 1. The molecule has 2 N–H and O–H groups in total. The molecule has 2 aromatic rings. The maximum absolute atomic E-state index is 6.08. The predicted octanol–water partition coefficient (Wildman–Crippen LogP) is 4.35. The van der Waals surface area contributed by atoms with Gasteiger partial charge in [0.1, 0.15) is 0 Å². The van der Waals surface area contributed by atoms with Crippen LogP contribution in [0.4, 0.5) is 0 Å². The van der Waals surface area contributed by atoms with Crippen molar-refractivity contribution in [3.8, 4) is 11.1 Å². The minimum absolute atomic E-state index is 0. The lowest BCUT2D eigenvalue weighted by Crippen LogP contribution is -2.08. The van der Waals surface area contributed by atoms with Gasteiger partial charge in [0.05, 0.1) is 0 Å². The molecule has 0 aromatic heterocycles. The lowest BCUT2D eigenvalue weighted by Gasteiger charge is -2.11. The van der Waals surface area contributed by atoms with Crippen LogP contribution >= 0.6 is 12.4 Å². The summed E-state index contributed by atoms with van der Waals surface area (Å²) in [6.07, 6.45) is 2.66. The smallest absolute Gasteiger partial charge is 0.0329 e. The van der Waals surface area contributed by atoms with Gasteiger partial charge in [0.2, 0.25) is 0 Å². The molecule has 2 heteroatoms. The quantitative estimate of drug-likeness (QED) is 0.812. The van der Waals surface area contributed by atoms with E-state index in [0.717, 1.165) is 12.0 Å². The maximum atomic E-state index is 6.08. The molecule has 2 rings (SSSR count). The minimum atomic E-state index is 0. The molecule has 0 aliphatic heterocycles. The number of hydrogen-bond acceptors (Lipinski definition) is 1. The van der Waals surface area contributed by atoms with E-state index >= 15 is 0 Å². The first-order chi connectivity index (χ1) is 8.31. The third kappa shape index (κ3) is 3.46. The summed E-state index contributed by atoms with van der Waals surface area (Å²) in [6, 6.07) is 18.8. The molecule has 0 bridgehead atoms. The average molecular weight is 260 g/mol. The van der Waals surface area contributed by atoms with Crippen molar-refractivity contribution in [1.29, 1.82) is 0 Å². The van der Waals surface area contributed by atoms with Gasteiger partial charge >= 0.3 is 0 Å². The molecule has 0 unspecified atom stereocenters. The van der Waals surface area contributed by atoms with Crippen molar-refractivity contribution in [1.82, 2.24) is 0 Å². The van der Waals surface area contributed by atoms with Crippen molar-refractivity contribution in [2.24, 2.45) is 5.73 Å². The maximum Gasteiger partial charge on any atom is 0.0329 e. The monoisotopic (exact) mass is 259 g/mol. The minimum Gasteiger partial charge on any atom is -0.324 e. The standard InChI is InChI=1S/C16H17N.ClH/c1-2-7-16(17)15-11-6-10-14(12-15)13-8-4-3-5-9-13;/h2-6,8-12,16H,1,7,17H2;1H/t16-;/m0./s1. The Kier molecular flexibility index (Phi) is 5.63. The van der Waals surface area contributed by atoms with E-state index in [4.69, 9.17) is 5.73 Å². The molecular weight excluding hydrogens is 242 g/mol. The van der Waals surface area contributed by atoms with Crippen LogP contribution in [0, 0.1) is 0 Å². The summed E-state index contributed by atoms with van der Waals surface area (Å²) in [7, 11) is 0. The summed E-state index contributed by atoms with van der Waals surface area (Å²) in [4.78, 5) is 0. The van der Waals surface area contributed by atoms with Crippen LogP contribution < -0.4 is 5.73 Å². The van der Waals surface area contributed by atoms with Gasteiger partial charge in [-0.1, -0.05) is 54.6 Å². The van der Waals surface area contributed by atoms with Crippen LogP contribution in [-0.4, -0.2) is 0 Å². The first kappa shape index (κ1) is 14.5. The number of benzene rings is 2. The summed E-state index contributed by atoms with van der Waals surface area (Å²) in [5.74, 6) is 0. The van der Waals surface area contributed by atoms with E-state index in [0.29, 0.717) is 0 Å². The number of nitrogens with two attached hydrogens (primary N) is 1. The Labute approximate surface area is 115 Å². The first-order valence-electron chi connectivity index (χ1n) is 5.83. The number of hydrogen-bond donors (Lipinski definition) is 1. The highest BCUT2D eigenvalue weighted by molar-refractivity contribution is 5.85. The fourth-order valence-corrected chi connectivity index (χ4v) is 1.90. The summed E-state index contributed by atoms with van der Waals surface area (Å²) in [5.41, 5.74) is 9.67. The fraction of sp³-hybridized carbons (Fsp3) is 0.125. The van der Waals surface area contributed by atoms with Crippen LogP contribution in [-0.2, 0) is 0 Å². The van der Waals surface area contributed by atoms with Gasteiger partial charge < -0.3 is 5.73 Å². The molecule has 1 atom stereocenters. The van der Waals surface area contributed by atoms with Gasteiger partial charge in [0, 0.05) is 6.04 Å². The highest BCUT2D eigenvalue weighted by Crippen LogP contribution is 2.23. The summed E-state index contributed by atoms with van der Waals surface area (Å²) in [6.45, 7) is 3.73. The molecule has 0 fully saturated rings. The Morgan fingerprint density at radius 3 is 2.33 bits per heavy atom. The Hall–Kier alpha value is -1.57. The van der Waals surface area contributed by atoms with Crippen molar-refractivity contribution >= 4 is 12.4 Å². The first-order valence-corrected chi connectivity index (χ1v) is 5.83. The van der Waals surface area contributed by atoms with Gasteiger partial charge in [-0.25, -0.2) is 0 Å².